The number of rotatable bonds is 9. The predicted molar refractivity (Wildman–Crippen MR) is 109 cm³/mol. The van der Waals surface area contributed by atoms with Gasteiger partial charge in [0, 0.05) is 24.2 Å². The van der Waals surface area contributed by atoms with Gasteiger partial charge in [0.05, 0.1) is 13.2 Å². The summed E-state index contributed by atoms with van der Waals surface area (Å²) >= 11 is 0. The topological polar surface area (TPSA) is 65.0 Å². The van der Waals surface area contributed by atoms with Crippen molar-refractivity contribution < 1.29 is 24.1 Å². The molecule has 1 heterocycles. The van der Waals surface area contributed by atoms with Crippen LogP contribution in [0.25, 0.3) is 17.2 Å². The van der Waals surface area contributed by atoms with E-state index in [9.17, 15) is 9.90 Å². The van der Waals surface area contributed by atoms with Crippen LogP contribution >= 0.6 is 0 Å². The molecule has 0 atom stereocenters. The van der Waals surface area contributed by atoms with E-state index in [1.807, 2.05) is 42.5 Å². The summed E-state index contributed by atoms with van der Waals surface area (Å²) in [5.41, 5.74) is 3.18. The van der Waals surface area contributed by atoms with Gasteiger partial charge in [-0.05, 0) is 47.9 Å². The second-order valence-corrected chi connectivity index (χ2v) is 6.66. The van der Waals surface area contributed by atoms with E-state index in [0.717, 1.165) is 41.9 Å². The Hall–Kier alpha value is -2.79. The maximum absolute atomic E-state index is 11.3. The Bertz CT molecular complexity index is 823. The van der Waals surface area contributed by atoms with Crippen LogP contribution in [0.15, 0.2) is 48.0 Å². The van der Waals surface area contributed by atoms with Gasteiger partial charge in [-0.1, -0.05) is 31.5 Å². The molecular weight excluding hydrogens is 356 g/mol. The van der Waals surface area contributed by atoms with E-state index in [1.165, 1.54) is 0 Å². The standard InChI is InChI=1S/C23H26O5/c1-2-3-11-26-13-14-27-21-7-4-17(5-8-21)18-6-9-22-20(15-18)16-19(23(24)25)10-12-28-22/h4-9,15-16H,2-3,10-14H2,1H3,(H,24,25). The molecule has 0 fully saturated rings. The molecule has 1 N–H and O–H groups in total. The number of hydrogen-bond donors (Lipinski definition) is 1. The molecular formula is C23H26O5. The molecule has 1 aliphatic rings. The zero-order valence-corrected chi connectivity index (χ0v) is 16.1. The first-order valence-corrected chi connectivity index (χ1v) is 9.69. The van der Waals surface area contributed by atoms with Crippen LogP contribution in [0.3, 0.4) is 0 Å². The molecule has 3 rings (SSSR count). The zero-order valence-electron chi connectivity index (χ0n) is 16.1. The van der Waals surface area contributed by atoms with E-state index in [-0.39, 0.29) is 0 Å². The van der Waals surface area contributed by atoms with Crippen molar-refractivity contribution in [1.82, 2.24) is 0 Å². The van der Waals surface area contributed by atoms with Crippen molar-refractivity contribution in [2.75, 3.05) is 26.4 Å². The molecule has 5 heteroatoms. The fourth-order valence-corrected chi connectivity index (χ4v) is 2.98. The third-order valence-electron chi connectivity index (χ3n) is 4.57. The van der Waals surface area contributed by atoms with Gasteiger partial charge in [0.2, 0.25) is 0 Å². The van der Waals surface area contributed by atoms with Crippen molar-refractivity contribution in [3.05, 3.63) is 53.6 Å². The minimum absolute atomic E-state index is 0.362. The summed E-state index contributed by atoms with van der Waals surface area (Å²) < 4.78 is 16.9. The second kappa shape index (κ2) is 9.95. The first-order chi connectivity index (χ1) is 13.7. The van der Waals surface area contributed by atoms with E-state index < -0.39 is 5.97 Å². The summed E-state index contributed by atoms with van der Waals surface area (Å²) in [5.74, 6) is 0.610. The molecule has 0 saturated carbocycles. The molecule has 0 aromatic heterocycles. The summed E-state index contributed by atoms with van der Waals surface area (Å²) in [6.45, 7) is 4.41. The largest absolute Gasteiger partial charge is 0.493 e. The summed E-state index contributed by atoms with van der Waals surface area (Å²) in [6.07, 6.45) is 4.30. The summed E-state index contributed by atoms with van der Waals surface area (Å²) in [4.78, 5) is 11.3. The van der Waals surface area contributed by atoms with Crippen LogP contribution in [0.4, 0.5) is 0 Å². The summed E-state index contributed by atoms with van der Waals surface area (Å²) in [6, 6.07) is 13.7. The molecule has 1 aliphatic heterocycles. The molecule has 0 amide bonds. The van der Waals surface area contributed by atoms with Crippen LogP contribution in [0.2, 0.25) is 0 Å². The lowest BCUT2D eigenvalue weighted by molar-refractivity contribution is -0.132. The highest BCUT2D eigenvalue weighted by atomic mass is 16.5. The van der Waals surface area contributed by atoms with Gasteiger partial charge in [-0.2, -0.15) is 0 Å². The van der Waals surface area contributed by atoms with Crippen molar-refractivity contribution >= 4 is 12.0 Å². The first kappa shape index (κ1) is 20.0. The summed E-state index contributed by atoms with van der Waals surface area (Å²) in [7, 11) is 0. The molecule has 0 unspecified atom stereocenters. The monoisotopic (exact) mass is 382 g/mol. The minimum Gasteiger partial charge on any atom is -0.493 e. The van der Waals surface area contributed by atoms with E-state index in [1.54, 1.807) is 6.08 Å². The molecule has 2 aromatic rings. The quantitative estimate of drug-likeness (QED) is 0.631. The van der Waals surface area contributed by atoms with E-state index in [0.29, 0.717) is 37.6 Å². The van der Waals surface area contributed by atoms with Crippen molar-refractivity contribution in [2.45, 2.75) is 26.2 Å². The highest BCUT2D eigenvalue weighted by Gasteiger charge is 2.15. The Morgan fingerprint density at radius 3 is 2.61 bits per heavy atom. The van der Waals surface area contributed by atoms with E-state index in [2.05, 4.69) is 6.92 Å². The van der Waals surface area contributed by atoms with Gasteiger partial charge in [0.25, 0.3) is 0 Å². The Morgan fingerprint density at radius 1 is 1.07 bits per heavy atom. The van der Waals surface area contributed by atoms with E-state index in [4.69, 9.17) is 14.2 Å². The first-order valence-electron chi connectivity index (χ1n) is 9.69. The number of benzene rings is 2. The lowest BCUT2D eigenvalue weighted by Gasteiger charge is -2.10. The number of hydrogen-bond acceptors (Lipinski definition) is 4. The number of ether oxygens (including phenoxy) is 3. The van der Waals surface area contributed by atoms with Crippen LogP contribution in [0, 0.1) is 0 Å². The van der Waals surface area contributed by atoms with Crippen molar-refractivity contribution in [3.8, 4) is 22.6 Å². The van der Waals surface area contributed by atoms with Gasteiger partial charge in [-0.15, -0.1) is 0 Å². The molecule has 5 nitrogen and oxygen atoms in total. The van der Waals surface area contributed by atoms with E-state index >= 15 is 0 Å². The SMILES string of the molecule is CCCCOCCOc1ccc(-c2ccc3c(c2)C=C(C(=O)O)CCO3)cc1. The third kappa shape index (κ3) is 5.36. The maximum Gasteiger partial charge on any atom is 0.331 e. The normalized spacial score (nSPS) is 13.1. The van der Waals surface area contributed by atoms with Crippen molar-refractivity contribution in [2.24, 2.45) is 0 Å². The molecule has 0 spiro atoms. The van der Waals surface area contributed by atoms with Gasteiger partial charge < -0.3 is 19.3 Å². The van der Waals surface area contributed by atoms with Gasteiger partial charge in [0.1, 0.15) is 18.1 Å². The average Bonchev–Trinajstić information content (AvgIpc) is 2.93. The molecule has 0 radical (unpaired) electrons. The molecule has 0 aliphatic carbocycles. The Labute approximate surface area is 165 Å². The number of carbonyl (C=O) groups is 1. The lowest BCUT2D eigenvalue weighted by Crippen LogP contribution is -2.07. The average molecular weight is 382 g/mol. The fraction of sp³-hybridized carbons (Fsp3) is 0.348. The molecule has 28 heavy (non-hydrogen) atoms. The van der Waals surface area contributed by atoms with Crippen LogP contribution in [-0.2, 0) is 9.53 Å². The van der Waals surface area contributed by atoms with Crippen molar-refractivity contribution in [1.29, 1.82) is 0 Å². The molecule has 0 bridgehead atoms. The van der Waals surface area contributed by atoms with Gasteiger partial charge in [-0.25, -0.2) is 4.79 Å². The number of aliphatic carboxylic acids is 1. The van der Waals surface area contributed by atoms with Gasteiger partial charge in [-0.3, -0.25) is 0 Å². The smallest absolute Gasteiger partial charge is 0.331 e. The number of carboxylic acid groups (broad SMARTS) is 1. The van der Waals surface area contributed by atoms with Gasteiger partial charge in [0.15, 0.2) is 0 Å². The molecule has 0 saturated heterocycles. The minimum atomic E-state index is -0.901. The maximum atomic E-state index is 11.3. The highest BCUT2D eigenvalue weighted by Crippen LogP contribution is 2.31. The fourth-order valence-electron chi connectivity index (χ4n) is 2.98. The Kier molecular flexibility index (Phi) is 7.09. The highest BCUT2D eigenvalue weighted by molar-refractivity contribution is 5.93. The van der Waals surface area contributed by atoms with Crippen LogP contribution < -0.4 is 9.47 Å². The van der Waals surface area contributed by atoms with Crippen molar-refractivity contribution in [3.63, 3.8) is 0 Å². The van der Waals surface area contributed by atoms with Crippen LogP contribution in [0.1, 0.15) is 31.7 Å². The molecule has 148 valence electrons. The molecule has 2 aromatic carbocycles. The predicted octanol–water partition coefficient (Wildman–Crippen LogP) is 4.80. The van der Waals surface area contributed by atoms with Gasteiger partial charge >= 0.3 is 5.97 Å². The number of carboxylic acids is 1. The Balaban J connectivity index is 1.66. The van der Waals surface area contributed by atoms with Crippen LogP contribution in [0.5, 0.6) is 11.5 Å². The number of unbranched alkanes of at least 4 members (excludes halogenated alkanes) is 1. The third-order valence-corrected chi connectivity index (χ3v) is 4.57. The number of fused-ring (bicyclic) bond motifs is 1. The summed E-state index contributed by atoms with van der Waals surface area (Å²) in [5, 5.41) is 9.29. The lowest BCUT2D eigenvalue weighted by atomic mass is 10.0. The zero-order chi connectivity index (χ0) is 19.8. The Morgan fingerprint density at radius 2 is 1.86 bits per heavy atom. The second-order valence-electron chi connectivity index (χ2n) is 6.66. The van der Waals surface area contributed by atoms with Crippen LogP contribution in [-0.4, -0.2) is 37.5 Å².